The number of hydrogen-bond donors (Lipinski definition) is 1. The Labute approximate surface area is 160 Å². The number of ether oxygens (including phenoxy) is 1. The van der Waals surface area contributed by atoms with E-state index in [1.54, 1.807) is 42.5 Å². The number of amides is 1. The highest BCUT2D eigenvalue weighted by Gasteiger charge is 2.20. The molecular formula is C20H24N2O4S. The number of rotatable bonds is 5. The number of anilines is 1. The molecule has 0 bridgehead atoms. The molecule has 6 nitrogen and oxygen atoms in total. The zero-order valence-electron chi connectivity index (χ0n) is 15.3. The molecule has 0 spiro atoms. The van der Waals surface area contributed by atoms with E-state index in [0.717, 1.165) is 38.8 Å². The van der Waals surface area contributed by atoms with Crippen LogP contribution in [0.4, 0.5) is 5.69 Å². The van der Waals surface area contributed by atoms with E-state index in [4.69, 9.17) is 4.74 Å². The van der Waals surface area contributed by atoms with Crippen LogP contribution in [0.2, 0.25) is 0 Å². The molecule has 7 heteroatoms. The van der Waals surface area contributed by atoms with E-state index >= 15 is 0 Å². The van der Waals surface area contributed by atoms with Gasteiger partial charge in [0.25, 0.3) is 15.9 Å². The first-order valence-corrected chi connectivity index (χ1v) is 10.5. The summed E-state index contributed by atoms with van der Waals surface area (Å²) in [6.45, 7) is 1.56. The maximum Gasteiger partial charge on any atom is 0.265 e. The largest absolute Gasteiger partial charge is 0.495 e. The van der Waals surface area contributed by atoms with E-state index in [-0.39, 0.29) is 16.6 Å². The Kier molecular flexibility index (Phi) is 6.01. The number of carbonyl (C=O) groups is 1. The van der Waals surface area contributed by atoms with Crippen LogP contribution in [0.15, 0.2) is 53.4 Å². The molecule has 0 saturated carbocycles. The standard InChI is InChI=1S/C20H24N2O4S/c1-26-18-8-4-5-9-19(18)27(24,25)21-17-12-10-16(11-13-17)20(23)22-14-6-2-3-7-15-22/h4-5,8-13,21H,2-3,6-7,14-15H2,1H3. The molecule has 1 fully saturated rings. The van der Waals surface area contributed by atoms with Gasteiger partial charge in [0.05, 0.1) is 7.11 Å². The molecule has 1 aliphatic rings. The summed E-state index contributed by atoms with van der Waals surface area (Å²) in [5, 5.41) is 0. The summed E-state index contributed by atoms with van der Waals surface area (Å²) < 4.78 is 32.9. The van der Waals surface area contributed by atoms with Gasteiger partial charge in [0, 0.05) is 24.3 Å². The van der Waals surface area contributed by atoms with Gasteiger partial charge >= 0.3 is 0 Å². The van der Waals surface area contributed by atoms with E-state index in [2.05, 4.69) is 4.72 Å². The predicted octanol–water partition coefficient (Wildman–Crippen LogP) is 3.51. The Hall–Kier alpha value is -2.54. The first-order valence-electron chi connectivity index (χ1n) is 9.06. The molecule has 2 aromatic rings. The molecule has 0 radical (unpaired) electrons. The van der Waals surface area contributed by atoms with E-state index in [9.17, 15) is 13.2 Å². The number of methoxy groups -OCH3 is 1. The van der Waals surface area contributed by atoms with Gasteiger partial charge in [-0.3, -0.25) is 9.52 Å². The highest BCUT2D eigenvalue weighted by molar-refractivity contribution is 7.92. The molecular weight excluding hydrogens is 364 g/mol. The summed E-state index contributed by atoms with van der Waals surface area (Å²) in [5.74, 6) is 0.272. The second-order valence-electron chi connectivity index (χ2n) is 6.54. The molecule has 1 saturated heterocycles. The van der Waals surface area contributed by atoms with Crippen LogP contribution in [0.3, 0.4) is 0 Å². The Morgan fingerprint density at radius 2 is 1.59 bits per heavy atom. The third-order valence-corrected chi connectivity index (χ3v) is 6.06. The molecule has 1 aliphatic heterocycles. The number of benzene rings is 2. The quantitative estimate of drug-likeness (QED) is 0.850. The first kappa shape index (κ1) is 19.2. The third-order valence-electron chi connectivity index (χ3n) is 4.64. The number of para-hydroxylation sites is 1. The van der Waals surface area contributed by atoms with Gasteiger partial charge in [-0.15, -0.1) is 0 Å². The van der Waals surface area contributed by atoms with Crippen molar-refractivity contribution in [1.29, 1.82) is 0 Å². The van der Waals surface area contributed by atoms with Crippen molar-refractivity contribution in [3.8, 4) is 5.75 Å². The molecule has 0 aromatic heterocycles. The fourth-order valence-corrected chi connectivity index (χ4v) is 4.42. The van der Waals surface area contributed by atoms with Crippen LogP contribution in [-0.2, 0) is 10.0 Å². The highest BCUT2D eigenvalue weighted by atomic mass is 32.2. The van der Waals surface area contributed by atoms with E-state index in [0.29, 0.717) is 11.3 Å². The van der Waals surface area contributed by atoms with Crippen molar-refractivity contribution in [3.63, 3.8) is 0 Å². The summed E-state index contributed by atoms with van der Waals surface area (Å²) in [4.78, 5) is 14.6. The third kappa shape index (κ3) is 4.60. The minimum absolute atomic E-state index is 0.00367. The van der Waals surface area contributed by atoms with Gasteiger partial charge in [-0.25, -0.2) is 8.42 Å². The Morgan fingerprint density at radius 1 is 0.963 bits per heavy atom. The van der Waals surface area contributed by atoms with Gasteiger partial charge in [0.2, 0.25) is 0 Å². The molecule has 0 atom stereocenters. The number of sulfonamides is 1. The Bertz CT molecular complexity index is 886. The van der Waals surface area contributed by atoms with Crippen molar-refractivity contribution < 1.29 is 17.9 Å². The summed E-state index contributed by atoms with van der Waals surface area (Å²) in [5.41, 5.74) is 0.963. The lowest BCUT2D eigenvalue weighted by molar-refractivity contribution is 0.0761. The molecule has 0 unspecified atom stereocenters. The first-order chi connectivity index (χ1) is 13.0. The van der Waals surface area contributed by atoms with E-state index < -0.39 is 10.0 Å². The molecule has 3 rings (SSSR count). The van der Waals surface area contributed by atoms with Gasteiger partial charge in [0.1, 0.15) is 10.6 Å². The van der Waals surface area contributed by atoms with Crippen LogP contribution in [0, 0.1) is 0 Å². The van der Waals surface area contributed by atoms with Crippen molar-refractivity contribution in [1.82, 2.24) is 4.90 Å². The average molecular weight is 388 g/mol. The molecule has 1 N–H and O–H groups in total. The van der Waals surface area contributed by atoms with E-state index in [1.165, 1.54) is 13.2 Å². The fraction of sp³-hybridized carbons (Fsp3) is 0.350. The van der Waals surface area contributed by atoms with Crippen LogP contribution in [0.5, 0.6) is 5.75 Å². The monoisotopic (exact) mass is 388 g/mol. The maximum atomic E-state index is 12.6. The number of hydrogen-bond acceptors (Lipinski definition) is 4. The number of carbonyl (C=O) groups excluding carboxylic acids is 1. The lowest BCUT2D eigenvalue weighted by Crippen LogP contribution is -2.31. The molecule has 1 amide bonds. The van der Waals surface area contributed by atoms with Crippen molar-refractivity contribution in [2.75, 3.05) is 24.9 Å². The van der Waals surface area contributed by atoms with Crippen molar-refractivity contribution >= 4 is 21.6 Å². The van der Waals surface area contributed by atoms with Gasteiger partial charge in [-0.1, -0.05) is 25.0 Å². The zero-order valence-corrected chi connectivity index (χ0v) is 16.2. The Balaban J connectivity index is 1.74. The van der Waals surface area contributed by atoms with Gasteiger partial charge in [-0.05, 0) is 49.2 Å². The van der Waals surface area contributed by atoms with Gasteiger partial charge in [0.15, 0.2) is 0 Å². The number of likely N-dealkylation sites (tertiary alicyclic amines) is 1. The van der Waals surface area contributed by atoms with Crippen molar-refractivity contribution in [2.24, 2.45) is 0 Å². The molecule has 1 heterocycles. The summed E-state index contributed by atoms with van der Waals surface area (Å²) >= 11 is 0. The minimum Gasteiger partial charge on any atom is -0.495 e. The Morgan fingerprint density at radius 3 is 2.22 bits per heavy atom. The van der Waals surface area contributed by atoms with Crippen molar-refractivity contribution in [2.45, 2.75) is 30.6 Å². The minimum atomic E-state index is -3.78. The topological polar surface area (TPSA) is 75.7 Å². The fourth-order valence-electron chi connectivity index (χ4n) is 3.19. The lowest BCUT2D eigenvalue weighted by atomic mass is 10.2. The maximum absolute atomic E-state index is 12.6. The van der Waals surface area contributed by atoms with Crippen LogP contribution in [0.25, 0.3) is 0 Å². The number of nitrogens with zero attached hydrogens (tertiary/aromatic N) is 1. The smallest absolute Gasteiger partial charge is 0.265 e. The van der Waals surface area contributed by atoms with Crippen LogP contribution >= 0.6 is 0 Å². The van der Waals surface area contributed by atoms with Crippen LogP contribution in [-0.4, -0.2) is 39.4 Å². The lowest BCUT2D eigenvalue weighted by Gasteiger charge is -2.20. The van der Waals surface area contributed by atoms with Crippen molar-refractivity contribution in [3.05, 3.63) is 54.1 Å². The highest BCUT2D eigenvalue weighted by Crippen LogP contribution is 2.25. The zero-order chi connectivity index (χ0) is 19.3. The second-order valence-corrected chi connectivity index (χ2v) is 8.19. The average Bonchev–Trinajstić information content (AvgIpc) is 2.97. The molecule has 27 heavy (non-hydrogen) atoms. The van der Waals surface area contributed by atoms with Crippen LogP contribution in [0.1, 0.15) is 36.0 Å². The second kappa shape index (κ2) is 8.43. The van der Waals surface area contributed by atoms with Gasteiger partial charge in [-0.2, -0.15) is 0 Å². The van der Waals surface area contributed by atoms with Crippen LogP contribution < -0.4 is 9.46 Å². The summed E-state index contributed by atoms with van der Waals surface area (Å²) in [7, 11) is -2.36. The molecule has 2 aromatic carbocycles. The summed E-state index contributed by atoms with van der Waals surface area (Å²) in [6.07, 6.45) is 4.38. The molecule has 144 valence electrons. The van der Waals surface area contributed by atoms with E-state index in [1.807, 2.05) is 4.90 Å². The normalized spacial score (nSPS) is 15.1. The molecule has 0 aliphatic carbocycles. The SMILES string of the molecule is COc1ccccc1S(=O)(=O)Nc1ccc(C(=O)N2CCCCCC2)cc1. The number of nitrogens with one attached hydrogen (secondary N) is 1. The van der Waals surface area contributed by atoms with Gasteiger partial charge < -0.3 is 9.64 Å². The predicted molar refractivity (Wildman–Crippen MR) is 105 cm³/mol. The summed E-state index contributed by atoms with van der Waals surface area (Å²) in [6, 6.07) is 13.0.